The Labute approximate surface area is 160 Å². The van der Waals surface area contributed by atoms with E-state index in [0.717, 1.165) is 11.3 Å². The molecule has 0 aliphatic rings. The number of carbonyl (C=O) groups is 1. The van der Waals surface area contributed by atoms with Crippen LogP contribution in [0.25, 0.3) is 10.2 Å². The second-order valence-electron chi connectivity index (χ2n) is 5.90. The fourth-order valence-corrected chi connectivity index (χ4v) is 4.29. The number of fused-ring (bicyclic) bond motifs is 1. The van der Waals surface area contributed by atoms with Crippen LogP contribution in [0, 0.1) is 6.92 Å². The van der Waals surface area contributed by atoms with Crippen LogP contribution in [0.1, 0.15) is 20.9 Å². The number of nitrogens with two attached hydrogens (primary N) is 2. The molecule has 0 saturated heterocycles. The van der Waals surface area contributed by atoms with Crippen molar-refractivity contribution in [3.8, 4) is 0 Å². The minimum absolute atomic E-state index is 0.0363. The third-order valence-corrected chi connectivity index (χ3v) is 5.88. The quantitative estimate of drug-likeness (QED) is 0.594. The Morgan fingerprint density at radius 1 is 1.30 bits per heavy atom. The van der Waals surface area contributed by atoms with Gasteiger partial charge in [0.25, 0.3) is 5.91 Å². The highest BCUT2D eigenvalue weighted by Gasteiger charge is 2.20. The van der Waals surface area contributed by atoms with Gasteiger partial charge in [0.2, 0.25) is 10.0 Å². The van der Waals surface area contributed by atoms with Crippen LogP contribution >= 0.6 is 11.3 Å². The summed E-state index contributed by atoms with van der Waals surface area (Å²) in [6.45, 7) is 2.22. The highest BCUT2D eigenvalue weighted by Crippen LogP contribution is 2.36. The number of ether oxygens (including phenoxy) is 1. The van der Waals surface area contributed by atoms with E-state index in [1.54, 1.807) is 7.11 Å². The number of primary sulfonamides is 1. The number of nitrogens with one attached hydrogen (secondary N) is 1. The first-order valence-corrected chi connectivity index (χ1v) is 10.2. The van der Waals surface area contributed by atoms with E-state index in [4.69, 9.17) is 15.6 Å². The summed E-state index contributed by atoms with van der Waals surface area (Å²) in [6, 6.07) is 7.43. The zero-order chi connectivity index (χ0) is 19.8. The van der Waals surface area contributed by atoms with Gasteiger partial charge in [-0.05, 0) is 42.8 Å². The highest BCUT2D eigenvalue weighted by molar-refractivity contribution is 7.89. The summed E-state index contributed by atoms with van der Waals surface area (Å²) >= 11 is 1.19. The molecule has 0 saturated carbocycles. The molecule has 0 aliphatic heterocycles. The molecule has 8 nitrogen and oxygen atoms in total. The Bertz CT molecular complexity index is 1120. The van der Waals surface area contributed by atoms with Crippen LogP contribution < -0.4 is 16.2 Å². The summed E-state index contributed by atoms with van der Waals surface area (Å²) in [4.78, 5) is 18.1. The number of hydrogen-bond donors (Lipinski definition) is 3. The first-order valence-electron chi connectivity index (χ1n) is 7.82. The Balaban J connectivity index is 1.94. The van der Waals surface area contributed by atoms with E-state index in [9.17, 15) is 13.2 Å². The third-order valence-electron chi connectivity index (χ3n) is 3.86. The summed E-state index contributed by atoms with van der Waals surface area (Å²) < 4.78 is 27.8. The number of pyridine rings is 1. The molecule has 5 N–H and O–H groups in total. The zero-order valence-electron chi connectivity index (χ0n) is 14.6. The van der Waals surface area contributed by atoms with Crippen LogP contribution in [0.15, 0.2) is 35.2 Å². The fourth-order valence-electron chi connectivity index (χ4n) is 2.69. The predicted octanol–water partition coefficient (Wildman–Crippen LogP) is 2.23. The number of hydrogen-bond acceptors (Lipinski definition) is 7. The number of sulfonamides is 1. The molecule has 1 amide bonds. The summed E-state index contributed by atoms with van der Waals surface area (Å²) in [6.07, 6.45) is 0. The molecule has 0 fully saturated rings. The van der Waals surface area contributed by atoms with Crippen LogP contribution in [0.4, 0.5) is 11.4 Å². The molecule has 10 heteroatoms. The molecule has 0 unspecified atom stereocenters. The predicted molar refractivity (Wildman–Crippen MR) is 105 cm³/mol. The highest BCUT2D eigenvalue weighted by atomic mass is 32.2. The molecule has 142 valence electrons. The molecular weight excluding hydrogens is 388 g/mol. The summed E-state index contributed by atoms with van der Waals surface area (Å²) in [5, 5.41) is 8.48. The number of methoxy groups -OCH3 is 1. The van der Waals surface area contributed by atoms with Crippen molar-refractivity contribution < 1.29 is 17.9 Å². The van der Waals surface area contributed by atoms with Crippen LogP contribution in [-0.2, 0) is 21.4 Å². The Morgan fingerprint density at radius 2 is 1.96 bits per heavy atom. The van der Waals surface area contributed by atoms with Gasteiger partial charge >= 0.3 is 0 Å². The smallest absolute Gasteiger partial charge is 0.267 e. The van der Waals surface area contributed by atoms with E-state index < -0.39 is 15.9 Å². The lowest BCUT2D eigenvalue weighted by Gasteiger charge is -2.06. The van der Waals surface area contributed by atoms with Crippen molar-refractivity contribution in [2.24, 2.45) is 5.14 Å². The van der Waals surface area contributed by atoms with Crippen LogP contribution in [0.5, 0.6) is 0 Å². The van der Waals surface area contributed by atoms with E-state index in [-0.39, 0.29) is 4.90 Å². The van der Waals surface area contributed by atoms with Crippen molar-refractivity contribution >= 4 is 48.9 Å². The Hall–Kier alpha value is -2.53. The minimum Gasteiger partial charge on any atom is -0.397 e. The molecule has 0 aliphatic carbocycles. The molecule has 2 aromatic heterocycles. The van der Waals surface area contributed by atoms with Crippen LogP contribution in [0.3, 0.4) is 0 Å². The van der Waals surface area contributed by atoms with E-state index in [0.29, 0.717) is 33.1 Å². The molecular formula is C17H18N4O4S2. The summed E-state index contributed by atoms with van der Waals surface area (Å²) in [7, 11) is -2.20. The second-order valence-corrected chi connectivity index (χ2v) is 8.46. The largest absolute Gasteiger partial charge is 0.397 e. The van der Waals surface area contributed by atoms with Crippen molar-refractivity contribution in [3.05, 3.63) is 46.5 Å². The number of aryl methyl sites for hydroxylation is 1. The van der Waals surface area contributed by atoms with E-state index in [2.05, 4.69) is 10.3 Å². The van der Waals surface area contributed by atoms with Gasteiger partial charge in [-0.25, -0.2) is 18.5 Å². The number of nitrogen functional groups attached to an aromatic ring is 1. The van der Waals surface area contributed by atoms with Gasteiger partial charge in [0.1, 0.15) is 9.71 Å². The lowest BCUT2D eigenvalue weighted by molar-refractivity contribution is 0.103. The zero-order valence-corrected chi connectivity index (χ0v) is 16.3. The van der Waals surface area contributed by atoms with Crippen molar-refractivity contribution in [2.75, 3.05) is 18.2 Å². The van der Waals surface area contributed by atoms with Crippen molar-refractivity contribution in [1.82, 2.24) is 4.98 Å². The molecule has 3 aromatic rings. The number of rotatable bonds is 5. The van der Waals surface area contributed by atoms with Gasteiger partial charge < -0.3 is 15.8 Å². The third kappa shape index (κ3) is 3.93. The van der Waals surface area contributed by atoms with Gasteiger partial charge in [0, 0.05) is 23.9 Å². The van der Waals surface area contributed by atoms with Gasteiger partial charge in [0.15, 0.2) is 0 Å². The number of carbonyl (C=O) groups excluding carboxylic acids is 1. The maximum Gasteiger partial charge on any atom is 0.267 e. The Kier molecular flexibility index (Phi) is 5.16. The molecule has 27 heavy (non-hydrogen) atoms. The lowest BCUT2D eigenvalue weighted by atomic mass is 10.1. The van der Waals surface area contributed by atoms with Crippen molar-refractivity contribution in [1.29, 1.82) is 0 Å². The van der Waals surface area contributed by atoms with E-state index in [1.165, 1.54) is 35.6 Å². The molecule has 3 rings (SSSR count). The van der Waals surface area contributed by atoms with Gasteiger partial charge in [-0.3, -0.25) is 4.79 Å². The minimum atomic E-state index is -3.79. The van der Waals surface area contributed by atoms with Gasteiger partial charge in [0.05, 0.1) is 17.2 Å². The van der Waals surface area contributed by atoms with Gasteiger partial charge in [-0.15, -0.1) is 11.3 Å². The maximum atomic E-state index is 12.7. The number of benzene rings is 1. The van der Waals surface area contributed by atoms with E-state index >= 15 is 0 Å². The SMILES string of the molecule is COCc1cc(C)nc2sc(C(=O)Nc3ccc(S(N)(=O)=O)cc3)c(N)c12. The van der Waals surface area contributed by atoms with E-state index in [1.807, 2.05) is 13.0 Å². The standard InChI is InChI=1S/C17H18N4O4S2/c1-9-7-10(8-25-2)13-14(18)15(26-17(13)20-9)16(22)21-11-3-5-12(6-4-11)27(19,23)24/h3-7H,8,18H2,1-2H3,(H,21,22)(H2,19,23,24). The average molecular weight is 406 g/mol. The van der Waals surface area contributed by atoms with Gasteiger partial charge in [-0.2, -0.15) is 0 Å². The van der Waals surface area contributed by atoms with Crippen molar-refractivity contribution in [3.63, 3.8) is 0 Å². The Morgan fingerprint density at radius 3 is 2.56 bits per heavy atom. The number of thiophene rings is 1. The second kappa shape index (κ2) is 7.24. The van der Waals surface area contributed by atoms with Crippen molar-refractivity contribution in [2.45, 2.75) is 18.4 Å². The summed E-state index contributed by atoms with van der Waals surface area (Å²) in [5.74, 6) is -0.403. The number of nitrogens with zero attached hydrogens (tertiary/aromatic N) is 1. The molecule has 0 bridgehead atoms. The van der Waals surface area contributed by atoms with Gasteiger partial charge in [-0.1, -0.05) is 0 Å². The number of anilines is 2. The first kappa shape index (κ1) is 19.2. The molecule has 0 atom stereocenters. The lowest BCUT2D eigenvalue weighted by Crippen LogP contribution is -2.14. The normalized spacial score (nSPS) is 11.7. The summed E-state index contributed by atoms with van der Waals surface area (Å²) in [5.41, 5.74) is 8.65. The number of amides is 1. The fraction of sp³-hybridized carbons (Fsp3) is 0.176. The monoisotopic (exact) mass is 406 g/mol. The molecule has 0 spiro atoms. The molecule has 1 aromatic carbocycles. The maximum absolute atomic E-state index is 12.7. The topological polar surface area (TPSA) is 137 Å². The molecule has 2 heterocycles. The van der Waals surface area contributed by atoms with Crippen LogP contribution in [0.2, 0.25) is 0 Å². The number of aromatic nitrogens is 1. The average Bonchev–Trinajstić information content (AvgIpc) is 2.91. The van der Waals surface area contributed by atoms with Crippen LogP contribution in [-0.4, -0.2) is 26.4 Å². The molecule has 0 radical (unpaired) electrons. The first-order chi connectivity index (χ1) is 12.7.